The van der Waals surface area contributed by atoms with Crippen molar-refractivity contribution in [3.05, 3.63) is 0 Å². The minimum atomic E-state index is -0.834. The Morgan fingerprint density at radius 3 is 2.76 bits per heavy atom. The van der Waals surface area contributed by atoms with Crippen molar-refractivity contribution in [1.29, 1.82) is 0 Å². The maximum absolute atomic E-state index is 12.2. The van der Waals surface area contributed by atoms with Crippen LogP contribution in [0.15, 0.2) is 0 Å². The molecule has 1 amide bonds. The number of rotatable bonds is 2. The van der Waals surface area contributed by atoms with E-state index in [-0.39, 0.29) is 24.0 Å². The van der Waals surface area contributed by atoms with Gasteiger partial charge in [-0.2, -0.15) is 0 Å². The first-order valence-corrected chi connectivity index (χ1v) is 6.33. The molecule has 0 bridgehead atoms. The molecule has 0 aromatic heterocycles. The van der Waals surface area contributed by atoms with Crippen molar-refractivity contribution in [2.75, 3.05) is 13.2 Å². The van der Waals surface area contributed by atoms with E-state index in [0.717, 1.165) is 19.3 Å². The lowest BCUT2D eigenvalue weighted by molar-refractivity contribution is -0.148. The van der Waals surface area contributed by atoms with Crippen molar-refractivity contribution in [3.63, 3.8) is 0 Å². The third kappa shape index (κ3) is 1.82. The Labute approximate surface area is 99.7 Å². The summed E-state index contributed by atoms with van der Waals surface area (Å²) >= 11 is 0. The van der Waals surface area contributed by atoms with Gasteiger partial charge in [-0.1, -0.05) is 0 Å². The Balaban J connectivity index is 1.67. The third-order valence-electron chi connectivity index (χ3n) is 4.19. The van der Waals surface area contributed by atoms with Crippen molar-refractivity contribution >= 4 is 11.9 Å². The second kappa shape index (κ2) is 3.98. The number of carboxylic acid groups (broad SMARTS) is 1. The number of fused-ring (bicyclic) bond motifs is 1. The van der Waals surface area contributed by atoms with Crippen molar-refractivity contribution < 1.29 is 19.4 Å². The highest BCUT2D eigenvalue weighted by Gasteiger charge is 2.52. The highest BCUT2D eigenvalue weighted by molar-refractivity contribution is 5.89. The number of ether oxygens (including phenoxy) is 1. The lowest BCUT2D eigenvalue weighted by Crippen LogP contribution is -2.52. The van der Waals surface area contributed by atoms with Crippen LogP contribution in [0.5, 0.6) is 0 Å². The summed E-state index contributed by atoms with van der Waals surface area (Å²) in [5, 5.41) is 8.86. The molecule has 17 heavy (non-hydrogen) atoms. The lowest BCUT2D eigenvalue weighted by atomic mass is 10.1. The maximum atomic E-state index is 12.2. The summed E-state index contributed by atoms with van der Waals surface area (Å²) in [5.74, 6) is -1.51. The summed E-state index contributed by atoms with van der Waals surface area (Å²) in [6.45, 7) is 1.22. The number of carbonyl (C=O) groups excluding carboxylic acids is 1. The van der Waals surface area contributed by atoms with Gasteiger partial charge < -0.3 is 14.7 Å². The fourth-order valence-electron chi connectivity index (χ4n) is 3.15. The van der Waals surface area contributed by atoms with Gasteiger partial charge in [0.05, 0.1) is 30.6 Å². The Morgan fingerprint density at radius 2 is 2.06 bits per heavy atom. The number of morpholine rings is 1. The molecule has 0 radical (unpaired) electrons. The van der Waals surface area contributed by atoms with E-state index >= 15 is 0 Å². The Bertz CT molecular complexity index is 356. The van der Waals surface area contributed by atoms with Crippen LogP contribution in [0.2, 0.25) is 0 Å². The van der Waals surface area contributed by atoms with Crippen LogP contribution in [-0.2, 0) is 14.3 Å². The molecule has 2 saturated carbocycles. The quantitative estimate of drug-likeness (QED) is 0.761. The number of hydrogen-bond donors (Lipinski definition) is 1. The maximum Gasteiger partial charge on any atom is 0.307 e. The number of hydrogen-bond acceptors (Lipinski definition) is 3. The van der Waals surface area contributed by atoms with E-state index < -0.39 is 11.9 Å². The van der Waals surface area contributed by atoms with Gasteiger partial charge in [0.2, 0.25) is 5.91 Å². The normalized spacial score (nSPS) is 39.9. The molecule has 5 heteroatoms. The Kier molecular flexibility index (Phi) is 2.58. The molecule has 0 aromatic carbocycles. The number of amides is 1. The molecule has 5 nitrogen and oxygen atoms in total. The summed E-state index contributed by atoms with van der Waals surface area (Å²) in [4.78, 5) is 24.9. The molecule has 0 aromatic rings. The SMILES string of the molecule is O=C(O)[C@H]1C[C@H]1C(=O)N1CCOC2CCCC21. The second-order valence-corrected chi connectivity index (χ2v) is 5.23. The summed E-state index contributed by atoms with van der Waals surface area (Å²) in [7, 11) is 0. The first-order valence-electron chi connectivity index (χ1n) is 6.33. The zero-order valence-electron chi connectivity index (χ0n) is 9.67. The lowest BCUT2D eigenvalue weighted by Gasteiger charge is -2.37. The molecule has 4 atom stereocenters. The molecule has 1 saturated heterocycles. The van der Waals surface area contributed by atoms with Gasteiger partial charge in [0.15, 0.2) is 0 Å². The van der Waals surface area contributed by atoms with Crippen LogP contribution in [0.1, 0.15) is 25.7 Å². The summed E-state index contributed by atoms with van der Waals surface area (Å²) in [6.07, 6.45) is 3.84. The van der Waals surface area contributed by atoms with E-state index in [1.54, 1.807) is 0 Å². The summed E-state index contributed by atoms with van der Waals surface area (Å²) in [6, 6.07) is 0.200. The van der Waals surface area contributed by atoms with E-state index in [4.69, 9.17) is 9.84 Å². The first kappa shape index (κ1) is 11.0. The van der Waals surface area contributed by atoms with Gasteiger partial charge in [-0.05, 0) is 25.7 Å². The number of carbonyl (C=O) groups is 2. The van der Waals surface area contributed by atoms with Crippen LogP contribution in [0, 0.1) is 11.8 Å². The minimum Gasteiger partial charge on any atom is -0.481 e. The molecule has 1 N–H and O–H groups in total. The van der Waals surface area contributed by atoms with E-state index in [2.05, 4.69) is 0 Å². The van der Waals surface area contributed by atoms with Crippen molar-refractivity contribution in [2.45, 2.75) is 37.8 Å². The fraction of sp³-hybridized carbons (Fsp3) is 0.833. The Morgan fingerprint density at radius 1 is 1.24 bits per heavy atom. The monoisotopic (exact) mass is 239 g/mol. The van der Waals surface area contributed by atoms with Gasteiger partial charge >= 0.3 is 5.97 Å². The minimum absolute atomic E-state index is 0.0394. The third-order valence-corrected chi connectivity index (χ3v) is 4.19. The second-order valence-electron chi connectivity index (χ2n) is 5.23. The molecule has 2 aliphatic carbocycles. The highest BCUT2D eigenvalue weighted by Crippen LogP contribution is 2.42. The average molecular weight is 239 g/mol. The van der Waals surface area contributed by atoms with E-state index in [1.165, 1.54) is 0 Å². The van der Waals surface area contributed by atoms with Crippen molar-refractivity contribution in [1.82, 2.24) is 4.90 Å². The predicted molar refractivity (Wildman–Crippen MR) is 58.3 cm³/mol. The first-order chi connectivity index (χ1) is 8.18. The molecular formula is C12H17NO4. The molecule has 3 fully saturated rings. The molecule has 0 spiro atoms. The predicted octanol–water partition coefficient (Wildman–Crippen LogP) is 0.487. The van der Waals surface area contributed by atoms with Crippen LogP contribution < -0.4 is 0 Å². The van der Waals surface area contributed by atoms with Gasteiger partial charge in [0.25, 0.3) is 0 Å². The topological polar surface area (TPSA) is 66.8 Å². The number of carboxylic acids is 1. The molecular weight excluding hydrogens is 222 g/mol. The van der Waals surface area contributed by atoms with Crippen LogP contribution in [0.3, 0.4) is 0 Å². The van der Waals surface area contributed by atoms with Crippen LogP contribution in [-0.4, -0.2) is 47.2 Å². The van der Waals surface area contributed by atoms with Crippen LogP contribution >= 0.6 is 0 Å². The van der Waals surface area contributed by atoms with Crippen molar-refractivity contribution in [2.24, 2.45) is 11.8 Å². The summed E-state index contributed by atoms with van der Waals surface area (Å²) in [5.41, 5.74) is 0. The zero-order valence-corrected chi connectivity index (χ0v) is 9.67. The van der Waals surface area contributed by atoms with E-state index in [0.29, 0.717) is 19.6 Å². The molecule has 94 valence electrons. The number of nitrogens with zero attached hydrogens (tertiary/aromatic N) is 1. The molecule has 3 rings (SSSR count). The fourth-order valence-corrected chi connectivity index (χ4v) is 3.15. The van der Waals surface area contributed by atoms with Gasteiger partial charge in [0, 0.05) is 6.54 Å². The zero-order chi connectivity index (χ0) is 12.0. The molecule has 2 unspecified atom stereocenters. The standard InChI is InChI=1S/C12H17NO4/c14-11(7-6-8(7)12(15)16)13-4-5-17-10-3-1-2-9(10)13/h7-10H,1-6H2,(H,15,16)/t7-,8+,9?,10?/m1/s1. The van der Waals surface area contributed by atoms with E-state index in [1.807, 2.05) is 4.90 Å². The highest BCUT2D eigenvalue weighted by atomic mass is 16.5. The van der Waals surface area contributed by atoms with Gasteiger partial charge in [-0.15, -0.1) is 0 Å². The molecule has 1 heterocycles. The molecule has 1 aliphatic heterocycles. The van der Waals surface area contributed by atoms with Gasteiger partial charge in [-0.25, -0.2) is 0 Å². The molecule has 3 aliphatic rings. The number of aliphatic carboxylic acids is 1. The van der Waals surface area contributed by atoms with E-state index in [9.17, 15) is 9.59 Å². The van der Waals surface area contributed by atoms with Crippen LogP contribution in [0.25, 0.3) is 0 Å². The van der Waals surface area contributed by atoms with Gasteiger partial charge in [-0.3, -0.25) is 9.59 Å². The average Bonchev–Trinajstić information content (AvgIpc) is 2.98. The van der Waals surface area contributed by atoms with Crippen molar-refractivity contribution in [3.8, 4) is 0 Å². The van der Waals surface area contributed by atoms with Gasteiger partial charge in [0.1, 0.15) is 0 Å². The smallest absolute Gasteiger partial charge is 0.307 e. The Hall–Kier alpha value is -1.10. The summed E-state index contributed by atoms with van der Waals surface area (Å²) < 4.78 is 5.65. The largest absolute Gasteiger partial charge is 0.481 e. The van der Waals surface area contributed by atoms with Crippen LogP contribution in [0.4, 0.5) is 0 Å².